The van der Waals surface area contributed by atoms with E-state index in [0.29, 0.717) is 6.42 Å². The van der Waals surface area contributed by atoms with Crippen molar-refractivity contribution < 1.29 is 37.9 Å². The molecule has 0 saturated carbocycles. The molecule has 288 valence electrons. The molecule has 0 fully saturated rings. The Hall–Kier alpha value is -2.25. The van der Waals surface area contributed by atoms with E-state index in [1.807, 2.05) is 30.4 Å². The van der Waals surface area contributed by atoms with Crippen molar-refractivity contribution in [2.24, 2.45) is 0 Å². The minimum Gasteiger partial charge on any atom is -0.462 e. The Kier molecular flexibility index (Phi) is 34.9. The van der Waals surface area contributed by atoms with Crippen LogP contribution in [-0.4, -0.2) is 41.0 Å². The van der Waals surface area contributed by atoms with E-state index in [2.05, 4.69) is 48.8 Å². The van der Waals surface area contributed by atoms with Gasteiger partial charge in [0.15, 0.2) is 6.10 Å². The molecule has 0 bridgehead atoms. The predicted octanol–water partition coefficient (Wildman–Crippen LogP) is 11.7. The number of rotatable bonds is 35. The second-order valence-corrected chi connectivity index (χ2v) is 14.2. The Balaban J connectivity index is 3.99. The van der Waals surface area contributed by atoms with Gasteiger partial charge >= 0.3 is 19.8 Å². The highest BCUT2D eigenvalue weighted by atomic mass is 31.2. The van der Waals surface area contributed by atoms with Gasteiger partial charge in [0, 0.05) is 12.8 Å². The van der Waals surface area contributed by atoms with Gasteiger partial charge in [-0.05, 0) is 57.8 Å². The van der Waals surface area contributed by atoms with Crippen molar-refractivity contribution in [1.82, 2.24) is 0 Å². The van der Waals surface area contributed by atoms with Crippen LogP contribution < -0.4 is 0 Å². The second kappa shape index (κ2) is 36.5. The molecular formula is C41H71O8P. The summed E-state index contributed by atoms with van der Waals surface area (Å²) in [6.45, 7) is 3.50. The molecule has 8 nitrogen and oxygen atoms in total. The van der Waals surface area contributed by atoms with Crippen molar-refractivity contribution in [3.05, 3.63) is 60.8 Å². The Bertz CT molecular complexity index is 995. The number of phosphoric acid groups is 1. The number of hydrogen-bond donors (Lipinski definition) is 2. The molecule has 1 atom stereocenters. The molecule has 0 aliphatic carbocycles. The SMILES string of the molecule is CC/C=C/C=C/C=C/C=C/CCCCCCCC(=O)O[C@H](COC(=O)CCCCCCCCCCC/C=C/CCCCCC)COP(=O)(O)O. The third kappa shape index (κ3) is 38.6. The maximum atomic E-state index is 12.4. The monoisotopic (exact) mass is 722 g/mol. The summed E-state index contributed by atoms with van der Waals surface area (Å²) in [6, 6.07) is 0. The number of allylic oxidation sites excluding steroid dienone is 10. The quantitative estimate of drug-likeness (QED) is 0.0218. The second-order valence-electron chi connectivity index (χ2n) is 13.0. The van der Waals surface area contributed by atoms with Crippen LogP contribution in [0.2, 0.25) is 0 Å². The summed E-state index contributed by atoms with van der Waals surface area (Å²) in [5.74, 6) is -0.918. The maximum Gasteiger partial charge on any atom is 0.469 e. The first-order valence-corrected chi connectivity index (χ1v) is 21.2. The third-order valence-corrected chi connectivity index (χ3v) is 8.60. The van der Waals surface area contributed by atoms with E-state index in [9.17, 15) is 14.2 Å². The van der Waals surface area contributed by atoms with E-state index >= 15 is 0 Å². The Morgan fingerprint density at radius 3 is 1.50 bits per heavy atom. The average molecular weight is 723 g/mol. The Morgan fingerprint density at radius 2 is 0.980 bits per heavy atom. The lowest BCUT2D eigenvalue weighted by molar-refractivity contribution is -0.161. The molecule has 0 saturated heterocycles. The van der Waals surface area contributed by atoms with Crippen molar-refractivity contribution in [1.29, 1.82) is 0 Å². The molecule has 0 heterocycles. The molecule has 50 heavy (non-hydrogen) atoms. The highest BCUT2D eigenvalue weighted by molar-refractivity contribution is 7.46. The number of esters is 2. The van der Waals surface area contributed by atoms with Gasteiger partial charge in [-0.1, -0.05) is 158 Å². The largest absolute Gasteiger partial charge is 0.469 e. The standard InChI is InChI=1S/C41H71O8P/c1-3-5-7-9-11-13-15-17-19-20-22-23-25-27-29-31-33-35-40(42)47-37-39(38-48-50(44,45)46)49-41(43)36-34-32-30-28-26-24-21-18-16-14-12-10-8-6-4-2/h6,8,10,12-16,18,21,39H,3-5,7,9,11,17,19-20,22-38H2,1-2H3,(H2,44,45,46)/b8-6+,12-10+,15-13+,16-14+,21-18+/t39-/m1/s1. The molecule has 0 aromatic carbocycles. The predicted molar refractivity (Wildman–Crippen MR) is 207 cm³/mol. The van der Waals surface area contributed by atoms with Gasteiger partial charge in [-0.3, -0.25) is 14.1 Å². The lowest BCUT2D eigenvalue weighted by Crippen LogP contribution is -2.29. The molecule has 0 aromatic rings. The number of unbranched alkanes of at least 4 members (excludes halogenated alkanes) is 18. The number of hydrogen-bond acceptors (Lipinski definition) is 6. The first-order chi connectivity index (χ1) is 24.3. The van der Waals surface area contributed by atoms with E-state index in [-0.39, 0.29) is 19.4 Å². The molecule has 0 radical (unpaired) electrons. The van der Waals surface area contributed by atoms with Gasteiger partial charge in [-0.2, -0.15) is 0 Å². The lowest BCUT2D eigenvalue weighted by atomic mass is 10.1. The molecule has 0 aliphatic heterocycles. The molecule has 9 heteroatoms. The molecule has 2 N–H and O–H groups in total. The van der Waals surface area contributed by atoms with E-state index < -0.39 is 32.5 Å². The molecular weight excluding hydrogens is 651 g/mol. The summed E-state index contributed by atoms with van der Waals surface area (Å²) in [5, 5.41) is 0. The van der Waals surface area contributed by atoms with E-state index in [1.165, 1.54) is 70.6 Å². The number of carbonyl (C=O) groups excluding carboxylic acids is 2. The molecule has 0 aromatic heterocycles. The van der Waals surface area contributed by atoms with Gasteiger partial charge < -0.3 is 19.3 Å². The first kappa shape index (κ1) is 47.8. The van der Waals surface area contributed by atoms with Crippen LogP contribution in [0.5, 0.6) is 0 Å². The fourth-order valence-electron chi connectivity index (χ4n) is 5.20. The van der Waals surface area contributed by atoms with E-state index in [4.69, 9.17) is 19.3 Å². The summed E-state index contributed by atoms with van der Waals surface area (Å²) in [5.41, 5.74) is 0. The first-order valence-electron chi connectivity index (χ1n) is 19.6. The van der Waals surface area contributed by atoms with Crippen LogP contribution in [0.1, 0.15) is 168 Å². The van der Waals surface area contributed by atoms with Gasteiger partial charge in [0.2, 0.25) is 0 Å². The normalized spacial score (nSPS) is 13.1. The average Bonchev–Trinajstić information content (AvgIpc) is 3.08. The van der Waals surface area contributed by atoms with Gasteiger partial charge in [0.25, 0.3) is 0 Å². The lowest BCUT2D eigenvalue weighted by Gasteiger charge is -2.18. The van der Waals surface area contributed by atoms with Crippen molar-refractivity contribution in [3.63, 3.8) is 0 Å². The maximum absolute atomic E-state index is 12.4. The van der Waals surface area contributed by atoms with Gasteiger partial charge in [-0.25, -0.2) is 4.57 Å². The number of carbonyl (C=O) groups is 2. The minimum atomic E-state index is -4.76. The fraction of sp³-hybridized carbons (Fsp3) is 0.707. The topological polar surface area (TPSA) is 119 Å². The molecule has 0 rings (SSSR count). The Morgan fingerprint density at radius 1 is 0.540 bits per heavy atom. The fourth-order valence-corrected chi connectivity index (χ4v) is 5.56. The van der Waals surface area contributed by atoms with Crippen LogP contribution >= 0.6 is 7.82 Å². The van der Waals surface area contributed by atoms with Crippen molar-refractivity contribution in [3.8, 4) is 0 Å². The molecule has 0 spiro atoms. The molecule has 0 unspecified atom stereocenters. The zero-order chi connectivity index (χ0) is 36.8. The highest BCUT2D eigenvalue weighted by Gasteiger charge is 2.22. The van der Waals surface area contributed by atoms with Crippen molar-refractivity contribution >= 4 is 19.8 Å². The smallest absolute Gasteiger partial charge is 0.462 e. The van der Waals surface area contributed by atoms with Crippen molar-refractivity contribution in [2.45, 2.75) is 174 Å². The summed E-state index contributed by atoms with van der Waals surface area (Å²) >= 11 is 0. The van der Waals surface area contributed by atoms with Crippen LogP contribution in [0.25, 0.3) is 0 Å². The zero-order valence-electron chi connectivity index (χ0n) is 31.5. The molecule has 0 amide bonds. The summed E-state index contributed by atoms with van der Waals surface area (Å²) < 4.78 is 26.3. The van der Waals surface area contributed by atoms with Crippen LogP contribution in [-0.2, 0) is 28.2 Å². The summed E-state index contributed by atoms with van der Waals surface area (Å²) in [7, 11) is -4.76. The molecule has 0 aliphatic rings. The van der Waals surface area contributed by atoms with Gasteiger partial charge in [0.1, 0.15) is 6.61 Å². The van der Waals surface area contributed by atoms with Crippen molar-refractivity contribution in [2.75, 3.05) is 13.2 Å². The van der Waals surface area contributed by atoms with Crippen LogP contribution in [0.3, 0.4) is 0 Å². The van der Waals surface area contributed by atoms with Gasteiger partial charge in [-0.15, -0.1) is 0 Å². The summed E-state index contributed by atoms with van der Waals surface area (Å²) in [4.78, 5) is 42.8. The van der Waals surface area contributed by atoms with Crippen LogP contribution in [0, 0.1) is 0 Å². The summed E-state index contributed by atoms with van der Waals surface area (Å²) in [6.07, 6.45) is 45.1. The zero-order valence-corrected chi connectivity index (χ0v) is 32.4. The van der Waals surface area contributed by atoms with Crippen LogP contribution in [0.15, 0.2) is 60.8 Å². The number of ether oxygens (including phenoxy) is 2. The number of phosphoric ester groups is 1. The van der Waals surface area contributed by atoms with Crippen LogP contribution in [0.4, 0.5) is 0 Å². The van der Waals surface area contributed by atoms with E-state index in [1.54, 1.807) is 0 Å². The highest BCUT2D eigenvalue weighted by Crippen LogP contribution is 2.36. The third-order valence-electron chi connectivity index (χ3n) is 8.11. The minimum absolute atomic E-state index is 0.183. The van der Waals surface area contributed by atoms with Gasteiger partial charge in [0.05, 0.1) is 6.61 Å². The Labute approximate surface area is 305 Å². The van der Waals surface area contributed by atoms with E-state index in [0.717, 1.165) is 64.2 Å².